The third-order valence-electron chi connectivity index (χ3n) is 1.35. The lowest BCUT2D eigenvalue weighted by Gasteiger charge is -2.07. The minimum atomic E-state index is -0.148. The van der Waals surface area contributed by atoms with Crippen molar-refractivity contribution in [2.75, 3.05) is 19.8 Å². The maximum atomic E-state index is 11.0. The number of hydrogen-bond donors (Lipinski definition) is 2. The number of thiocarbonyl (C=S) groups is 1. The molecular weight excluding hydrogens is 200 g/mol. The standard InChI is InChI=1S/C9H18N2O2S/c1-7(2)6-13-4-3-11-9(12)5-8(10)14/h7H,3-6H2,1-2H3,(H2,10,14)(H,11,12). The molecule has 0 aromatic carbocycles. The van der Waals surface area contributed by atoms with Crippen molar-refractivity contribution in [3.8, 4) is 0 Å². The zero-order valence-corrected chi connectivity index (χ0v) is 9.52. The molecule has 0 heterocycles. The van der Waals surface area contributed by atoms with Crippen LogP contribution >= 0.6 is 12.2 Å². The first-order valence-corrected chi connectivity index (χ1v) is 5.06. The summed E-state index contributed by atoms with van der Waals surface area (Å²) < 4.78 is 5.27. The molecule has 4 nitrogen and oxygen atoms in total. The van der Waals surface area contributed by atoms with Crippen LogP contribution < -0.4 is 11.1 Å². The number of ether oxygens (including phenoxy) is 1. The fourth-order valence-corrected chi connectivity index (χ4v) is 0.933. The van der Waals surface area contributed by atoms with Crippen LogP contribution in [0.5, 0.6) is 0 Å². The normalized spacial score (nSPS) is 10.2. The molecule has 0 fully saturated rings. The van der Waals surface area contributed by atoms with Gasteiger partial charge in [0, 0.05) is 13.2 Å². The maximum Gasteiger partial charge on any atom is 0.226 e. The van der Waals surface area contributed by atoms with Crippen LogP contribution in [0.2, 0.25) is 0 Å². The average molecular weight is 218 g/mol. The van der Waals surface area contributed by atoms with Gasteiger partial charge in [0.25, 0.3) is 0 Å². The van der Waals surface area contributed by atoms with Gasteiger partial charge in [-0.05, 0) is 5.92 Å². The second-order valence-corrected chi connectivity index (χ2v) is 3.99. The van der Waals surface area contributed by atoms with E-state index in [1.54, 1.807) is 0 Å². The van der Waals surface area contributed by atoms with Gasteiger partial charge in [0.15, 0.2) is 0 Å². The molecule has 0 aliphatic carbocycles. The first-order chi connectivity index (χ1) is 6.52. The van der Waals surface area contributed by atoms with Crippen LogP contribution in [0.1, 0.15) is 20.3 Å². The van der Waals surface area contributed by atoms with Gasteiger partial charge in [-0.1, -0.05) is 26.1 Å². The van der Waals surface area contributed by atoms with E-state index in [1.165, 1.54) is 0 Å². The Bertz CT molecular complexity index is 195. The largest absolute Gasteiger partial charge is 0.393 e. The number of amides is 1. The van der Waals surface area contributed by atoms with Gasteiger partial charge in [-0.25, -0.2) is 0 Å². The Hall–Kier alpha value is -0.680. The molecule has 0 aliphatic rings. The molecule has 0 spiro atoms. The van der Waals surface area contributed by atoms with Crippen molar-refractivity contribution in [1.82, 2.24) is 5.32 Å². The van der Waals surface area contributed by atoms with Gasteiger partial charge in [0.1, 0.15) is 0 Å². The lowest BCUT2D eigenvalue weighted by molar-refractivity contribution is -0.120. The van der Waals surface area contributed by atoms with Gasteiger partial charge >= 0.3 is 0 Å². The molecule has 0 saturated carbocycles. The van der Waals surface area contributed by atoms with Gasteiger partial charge in [0.2, 0.25) is 5.91 Å². The number of hydrogen-bond acceptors (Lipinski definition) is 3. The van der Waals surface area contributed by atoms with Crippen molar-refractivity contribution in [2.45, 2.75) is 20.3 Å². The van der Waals surface area contributed by atoms with E-state index in [9.17, 15) is 4.79 Å². The van der Waals surface area contributed by atoms with Crippen LogP contribution in [-0.4, -0.2) is 30.7 Å². The van der Waals surface area contributed by atoms with Crippen LogP contribution in [0, 0.1) is 5.92 Å². The molecule has 82 valence electrons. The highest BCUT2D eigenvalue weighted by molar-refractivity contribution is 7.80. The number of nitrogens with two attached hydrogens (primary N) is 1. The average Bonchev–Trinajstić information content (AvgIpc) is 2.01. The van der Waals surface area contributed by atoms with Crippen LogP contribution in [0.15, 0.2) is 0 Å². The summed E-state index contributed by atoms with van der Waals surface area (Å²) in [7, 11) is 0. The summed E-state index contributed by atoms with van der Waals surface area (Å²) in [4.78, 5) is 11.2. The van der Waals surface area contributed by atoms with Crippen molar-refractivity contribution in [3.63, 3.8) is 0 Å². The molecule has 0 aliphatic heterocycles. The summed E-state index contributed by atoms with van der Waals surface area (Å²) in [6.45, 7) is 5.90. The quantitative estimate of drug-likeness (QED) is 0.481. The highest BCUT2D eigenvalue weighted by atomic mass is 32.1. The maximum absolute atomic E-state index is 11.0. The van der Waals surface area contributed by atoms with Crippen molar-refractivity contribution in [2.24, 2.45) is 11.7 Å². The lowest BCUT2D eigenvalue weighted by atomic mass is 10.2. The summed E-state index contributed by atoms with van der Waals surface area (Å²) in [6, 6.07) is 0. The fraction of sp³-hybridized carbons (Fsp3) is 0.778. The first-order valence-electron chi connectivity index (χ1n) is 4.65. The van der Waals surface area contributed by atoms with Crippen LogP contribution in [0.4, 0.5) is 0 Å². The Labute approximate surface area is 90.2 Å². The minimum Gasteiger partial charge on any atom is -0.393 e. The SMILES string of the molecule is CC(C)COCCNC(=O)CC(N)=S. The molecule has 0 rings (SSSR count). The van der Waals surface area contributed by atoms with Gasteiger partial charge in [-0.3, -0.25) is 4.79 Å². The van der Waals surface area contributed by atoms with Crippen molar-refractivity contribution >= 4 is 23.1 Å². The zero-order valence-electron chi connectivity index (χ0n) is 8.71. The summed E-state index contributed by atoms with van der Waals surface area (Å²) in [5.74, 6) is 0.368. The first kappa shape index (κ1) is 13.3. The van der Waals surface area contributed by atoms with Crippen molar-refractivity contribution in [1.29, 1.82) is 0 Å². The molecule has 5 heteroatoms. The third-order valence-corrected chi connectivity index (χ3v) is 1.50. The summed E-state index contributed by atoms with van der Waals surface area (Å²) in [6.07, 6.45) is 0.111. The third kappa shape index (κ3) is 9.41. The molecule has 0 bridgehead atoms. The monoisotopic (exact) mass is 218 g/mol. The van der Waals surface area contributed by atoms with Crippen LogP contribution in [0.25, 0.3) is 0 Å². The fourth-order valence-electron chi connectivity index (χ4n) is 0.802. The molecule has 0 radical (unpaired) electrons. The lowest BCUT2D eigenvalue weighted by Crippen LogP contribution is -2.30. The van der Waals surface area contributed by atoms with E-state index < -0.39 is 0 Å². The van der Waals surface area contributed by atoms with E-state index in [4.69, 9.17) is 10.5 Å². The van der Waals surface area contributed by atoms with E-state index in [-0.39, 0.29) is 17.3 Å². The predicted molar refractivity (Wildman–Crippen MR) is 60.1 cm³/mol. The summed E-state index contributed by atoms with van der Waals surface area (Å²) >= 11 is 4.59. The van der Waals surface area contributed by atoms with Crippen LogP contribution in [0.3, 0.4) is 0 Å². The predicted octanol–water partition coefficient (Wildman–Crippen LogP) is 0.451. The van der Waals surface area contributed by atoms with E-state index in [2.05, 4.69) is 31.4 Å². The molecule has 0 aromatic heterocycles. The van der Waals surface area contributed by atoms with E-state index in [1.807, 2.05) is 0 Å². The molecule has 3 N–H and O–H groups in total. The van der Waals surface area contributed by atoms with Gasteiger partial charge in [0.05, 0.1) is 18.0 Å². The smallest absolute Gasteiger partial charge is 0.226 e. The Morgan fingerprint density at radius 3 is 2.71 bits per heavy atom. The second kappa shape index (κ2) is 7.70. The van der Waals surface area contributed by atoms with Gasteiger partial charge in [-0.2, -0.15) is 0 Å². The van der Waals surface area contributed by atoms with Crippen molar-refractivity contribution in [3.05, 3.63) is 0 Å². The molecule has 14 heavy (non-hydrogen) atoms. The van der Waals surface area contributed by atoms with E-state index >= 15 is 0 Å². The van der Waals surface area contributed by atoms with E-state index in [0.717, 1.165) is 0 Å². The highest BCUT2D eigenvalue weighted by Gasteiger charge is 2.01. The van der Waals surface area contributed by atoms with Gasteiger partial charge in [-0.15, -0.1) is 0 Å². The molecular formula is C9H18N2O2S. The molecule has 0 atom stereocenters. The molecule has 0 unspecified atom stereocenters. The molecule has 1 amide bonds. The zero-order chi connectivity index (χ0) is 11.0. The molecule has 0 aromatic rings. The van der Waals surface area contributed by atoms with Crippen molar-refractivity contribution < 1.29 is 9.53 Å². The number of nitrogens with one attached hydrogen (secondary N) is 1. The van der Waals surface area contributed by atoms with Crippen LogP contribution in [-0.2, 0) is 9.53 Å². The highest BCUT2D eigenvalue weighted by Crippen LogP contribution is 1.91. The second-order valence-electron chi connectivity index (χ2n) is 3.46. The Morgan fingerprint density at radius 2 is 2.21 bits per heavy atom. The minimum absolute atomic E-state index is 0.111. The number of rotatable bonds is 7. The van der Waals surface area contributed by atoms with E-state index in [0.29, 0.717) is 25.7 Å². The van der Waals surface area contributed by atoms with Gasteiger partial charge < -0.3 is 15.8 Å². The molecule has 0 saturated heterocycles. The number of carbonyl (C=O) groups is 1. The summed E-state index contributed by atoms with van der Waals surface area (Å²) in [5.41, 5.74) is 5.20. The Morgan fingerprint density at radius 1 is 1.57 bits per heavy atom. The topological polar surface area (TPSA) is 64.3 Å². The summed E-state index contributed by atoms with van der Waals surface area (Å²) in [5, 5.41) is 2.66. The Kier molecular flexibility index (Phi) is 7.32. The Balaban J connectivity index is 3.27. The number of carbonyl (C=O) groups excluding carboxylic acids is 1.